The Labute approximate surface area is 130 Å². The van der Waals surface area contributed by atoms with E-state index in [1.165, 1.54) is 17.2 Å². The highest BCUT2D eigenvalue weighted by atomic mass is 127. The highest BCUT2D eigenvalue weighted by Crippen LogP contribution is 2.62. The molecular weight excluding hydrogens is 366 g/mol. The second kappa shape index (κ2) is 4.10. The Morgan fingerprint density at radius 3 is 2.90 bits per heavy atom. The van der Waals surface area contributed by atoms with Gasteiger partial charge in [-0.3, -0.25) is 0 Å². The summed E-state index contributed by atoms with van der Waals surface area (Å²) >= 11 is 2.45. The lowest BCUT2D eigenvalue weighted by Gasteiger charge is -2.20. The van der Waals surface area contributed by atoms with Crippen molar-refractivity contribution in [3.63, 3.8) is 0 Å². The molecule has 1 aromatic heterocycles. The average molecular weight is 378 g/mol. The summed E-state index contributed by atoms with van der Waals surface area (Å²) in [5.41, 5.74) is 4.57. The topological polar surface area (TPSA) is 25.8 Å². The molecule has 0 aliphatic heterocycles. The number of benzene rings is 1. The fourth-order valence-electron chi connectivity index (χ4n) is 3.35. The van der Waals surface area contributed by atoms with Crippen LogP contribution in [0.2, 0.25) is 0 Å². The van der Waals surface area contributed by atoms with Gasteiger partial charge in [-0.2, -0.15) is 10.2 Å². The lowest BCUT2D eigenvalue weighted by Crippen LogP contribution is -2.16. The average Bonchev–Trinajstić information content (AvgIpc) is 2.86. The minimum atomic E-state index is -0.257. The number of alkyl halides is 1. The maximum atomic E-state index is 13.9. The fourth-order valence-corrected chi connectivity index (χ4v) is 4.45. The molecule has 2 aromatic rings. The molecule has 100 valence electrons. The molecule has 4 heteroatoms. The van der Waals surface area contributed by atoms with Crippen LogP contribution in [0.5, 0.6) is 0 Å². The molecule has 2 nitrogen and oxygen atoms in total. The highest BCUT2D eigenvalue weighted by molar-refractivity contribution is 14.1. The molecule has 20 heavy (non-hydrogen) atoms. The monoisotopic (exact) mass is 378 g/mol. The molecule has 0 radical (unpaired) electrons. The summed E-state index contributed by atoms with van der Waals surface area (Å²) < 4.78 is 13.8. The van der Waals surface area contributed by atoms with Crippen LogP contribution in [0.1, 0.15) is 30.0 Å². The van der Waals surface area contributed by atoms with Crippen LogP contribution in [0, 0.1) is 5.82 Å². The molecule has 2 bridgehead atoms. The van der Waals surface area contributed by atoms with E-state index in [9.17, 15) is 4.39 Å². The van der Waals surface area contributed by atoms with Crippen LogP contribution in [0.15, 0.2) is 42.5 Å². The summed E-state index contributed by atoms with van der Waals surface area (Å²) in [5, 5.41) is 8.64. The van der Waals surface area contributed by atoms with E-state index in [1.54, 1.807) is 12.1 Å². The molecule has 1 fully saturated rings. The Balaban J connectivity index is 1.90. The standard InChI is InChI=1S/C16H12FIN2/c1-9-10-6-7-16(9,18)15-12(10)8-14(19-20-15)11-4-2-3-5-13(11)17/h2-5,8,10H,1,6-7H2/t10-,16-/m0/s1. The minimum Gasteiger partial charge on any atom is -0.206 e. The number of hydrogen-bond donors (Lipinski definition) is 0. The van der Waals surface area contributed by atoms with Gasteiger partial charge < -0.3 is 0 Å². The predicted octanol–water partition coefficient (Wildman–Crippen LogP) is 4.36. The van der Waals surface area contributed by atoms with E-state index in [0.717, 1.165) is 18.5 Å². The molecule has 0 unspecified atom stereocenters. The molecule has 0 amide bonds. The van der Waals surface area contributed by atoms with Crippen molar-refractivity contribution in [3.05, 3.63) is 59.6 Å². The largest absolute Gasteiger partial charge is 0.206 e. The summed E-state index contributed by atoms with van der Waals surface area (Å²) in [5.74, 6) is 0.107. The van der Waals surface area contributed by atoms with Gasteiger partial charge in [0.05, 0.1) is 14.8 Å². The first-order valence-corrected chi connectivity index (χ1v) is 7.70. The third kappa shape index (κ3) is 1.48. The van der Waals surface area contributed by atoms with Gasteiger partial charge in [-0.05, 0) is 42.2 Å². The number of aromatic nitrogens is 2. The first-order valence-electron chi connectivity index (χ1n) is 6.62. The van der Waals surface area contributed by atoms with Gasteiger partial charge in [-0.25, -0.2) is 4.39 Å². The maximum Gasteiger partial charge on any atom is 0.132 e. The first-order chi connectivity index (χ1) is 9.61. The SMILES string of the molecule is C=C1[C@@H]2CC[C@@]1(I)c1nnc(-c3ccccc3F)cc12. The number of rotatable bonds is 1. The predicted molar refractivity (Wildman–Crippen MR) is 84.2 cm³/mol. The van der Waals surface area contributed by atoms with Gasteiger partial charge in [0.25, 0.3) is 0 Å². The van der Waals surface area contributed by atoms with Gasteiger partial charge in [0.1, 0.15) is 5.82 Å². The Hall–Kier alpha value is -1.30. The van der Waals surface area contributed by atoms with E-state index in [-0.39, 0.29) is 9.24 Å². The lowest BCUT2D eigenvalue weighted by atomic mass is 9.95. The van der Waals surface area contributed by atoms with E-state index in [1.807, 2.05) is 12.1 Å². The Morgan fingerprint density at radius 2 is 2.10 bits per heavy atom. The summed E-state index contributed by atoms with van der Waals surface area (Å²) in [6.45, 7) is 4.24. The molecule has 1 heterocycles. The molecule has 2 aliphatic rings. The third-order valence-corrected chi connectivity index (χ3v) is 6.17. The van der Waals surface area contributed by atoms with Crippen molar-refractivity contribution in [2.24, 2.45) is 0 Å². The summed E-state index contributed by atoms with van der Waals surface area (Å²) in [7, 11) is 0. The summed E-state index contributed by atoms with van der Waals surface area (Å²) in [6.07, 6.45) is 2.19. The molecule has 0 spiro atoms. The second-order valence-electron chi connectivity index (χ2n) is 5.43. The van der Waals surface area contributed by atoms with Crippen molar-refractivity contribution >= 4 is 22.6 Å². The first kappa shape index (κ1) is 12.4. The molecule has 1 saturated carbocycles. The van der Waals surface area contributed by atoms with E-state index >= 15 is 0 Å². The van der Waals surface area contributed by atoms with Crippen LogP contribution in [-0.2, 0) is 3.42 Å². The van der Waals surface area contributed by atoms with Gasteiger partial charge in [0.15, 0.2) is 0 Å². The highest BCUT2D eigenvalue weighted by Gasteiger charge is 2.52. The number of halogens is 2. The maximum absolute atomic E-state index is 13.9. The van der Waals surface area contributed by atoms with Crippen molar-refractivity contribution in [3.8, 4) is 11.3 Å². The van der Waals surface area contributed by atoms with Crippen LogP contribution in [-0.4, -0.2) is 10.2 Å². The Kier molecular flexibility index (Phi) is 2.55. The second-order valence-corrected chi connectivity index (χ2v) is 7.27. The van der Waals surface area contributed by atoms with Crippen molar-refractivity contribution in [2.45, 2.75) is 22.2 Å². The number of allylic oxidation sites excluding steroid dienone is 1. The van der Waals surface area contributed by atoms with Crippen LogP contribution in [0.4, 0.5) is 4.39 Å². The summed E-state index contributed by atoms with van der Waals surface area (Å²) in [4.78, 5) is 0. The molecule has 0 saturated heterocycles. The number of hydrogen-bond acceptors (Lipinski definition) is 2. The fraction of sp³-hybridized carbons (Fsp3) is 0.250. The van der Waals surface area contributed by atoms with Gasteiger partial charge >= 0.3 is 0 Å². The van der Waals surface area contributed by atoms with Crippen LogP contribution >= 0.6 is 22.6 Å². The minimum absolute atomic E-state index is 0.0570. The summed E-state index contributed by atoms with van der Waals surface area (Å²) in [6, 6.07) is 8.69. The van der Waals surface area contributed by atoms with E-state index in [4.69, 9.17) is 0 Å². The van der Waals surface area contributed by atoms with Crippen LogP contribution in [0.3, 0.4) is 0 Å². The zero-order valence-electron chi connectivity index (χ0n) is 10.7. The zero-order chi connectivity index (χ0) is 13.9. The van der Waals surface area contributed by atoms with Crippen LogP contribution in [0.25, 0.3) is 11.3 Å². The van der Waals surface area contributed by atoms with Gasteiger partial charge in [0.2, 0.25) is 0 Å². The lowest BCUT2D eigenvalue weighted by molar-refractivity contribution is 0.629. The van der Waals surface area contributed by atoms with Gasteiger partial charge in [0, 0.05) is 11.5 Å². The molecule has 1 aromatic carbocycles. The van der Waals surface area contributed by atoms with Crippen molar-refractivity contribution in [1.82, 2.24) is 10.2 Å². The van der Waals surface area contributed by atoms with Crippen molar-refractivity contribution in [2.75, 3.05) is 0 Å². The van der Waals surface area contributed by atoms with Crippen LogP contribution < -0.4 is 0 Å². The molecule has 4 rings (SSSR count). The van der Waals surface area contributed by atoms with E-state index in [0.29, 0.717) is 17.2 Å². The molecule has 2 aliphatic carbocycles. The van der Waals surface area contributed by atoms with E-state index < -0.39 is 0 Å². The smallest absolute Gasteiger partial charge is 0.132 e. The van der Waals surface area contributed by atoms with Crippen molar-refractivity contribution < 1.29 is 4.39 Å². The van der Waals surface area contributed by atoms with E-state index in [2.05, 4.69) is 39.4 Å². The number of fused-ring (bicyclic) bond motifs is 5. The quantitative estimate of drug-likeness (QED) is 0.419. The molecule has 0 N–H and O–H groups in total. The third-order valence-electron chi connectivity index (χ3n) is 4.43. The van der Waals surface area contributed by atoms with Gasteiger partial charge in [-0.15, -0.1) is 0 Å². The van der Waals surface area contributed by atoms with Crippen molar-refractivity contribution in [1.29, 1.82) is 0 Å². The Morgan fingerprint density at radius 1 is 1.30 bits per heavy atom. The van der Waals surface area contributed by atoms with Gasteiger partial charge in [-0.1, -0.05) is 41.3 Å². The zero-order valence-corrected chi connectivity index (χ0v) is 12.9. The number of nitrogens with zero attached hydrogens (tertiary/aromatic N) is 2. The normalized spacial score (nSPS) is 26.9. The molecular formula is C16H12FIN2. The Bertz CT molecular complexity index is 743. The molecule has 2 atom stereocenters.